The smallest absolute Gasteiger partial charge is 0.288 e. The van der Waals surface area contributed by atoms with Crippen molar-refractivity contribution in [2.75, 3.05) is 38.2 Å². The lowest BCUT2D eigenvalue weighted by molar-refractivity contribution is 0.217. The van der Waals surface area contributed by atoms with Crippen LogP contribution in [0.25, 0.3) is 11.5 Å². The van der Waals surface area contributed by atoms with Crippen LogP contribution in [-0.2, 0) is 6.67 Å². The molecule has 3 aromatic rings. The van der Waals surface area contributed by atoms with Gasteiger partial charge in [0.1, 0.15) is 5.75 Å². The molecule has 0 atom stereocenters. The molecule has 1 saturated heterocycles. The fourth-order valence-electron chi connectivity index (χ4n) is 3.67. The molecular weight excluding hydrogens is 384 g/mol. The van der Waals surface area contributed by atoms with E-state index in [1.165, 1.54) is 5.69 Å². The van der Waals surface area contributed by atoms with Gasteiger partial charge in [0.05, 0.1) is 13.8 Å². The van der Waals surface area contributed by atoms with Crippen molar-refractivity contribution >= 4 is 17.9 Å². The monoisotopic (exact) mass is 410 g/mol. The SMILES string of the molecule is COc1ccc(N2CCCN(Cn3nc(-c4ccccc4C)oc3=S)CC2)cc1. The predicted octanol–water partition coefficient (Wildman–Crippen LogP) is 4.36. The van der Waals surface area contributed by atoms with Gasteiger partial charge in [-0.1, -0.05) is 18.2 Å². The Hall–Kier alpha value is -2.64. The first-order valence-electron chi connectivity index (χ1n) is 9.89. The molecule has 2 aromatic carbocycles. The zero-order chi connectivity index (χ0) is 20.2. The second-order valence-electron chi connectivity index (χ2n) is 7.29. The Bertz CT molecular complexity index is 1010. The van der Waals surface area contributed by atoms with E-state index in [0.29, 0.717) is 17.4 Å². The quantitative estimate of drug-likeness (QED) is 0.583. The standard InChI is InChI=1S/C22H26N4O2S/c1-17-6-3-4-7-20(17)21-23-26(22(29)28-21)16-24-12-5-13-25(15-14-24)18-8-10-19(27-2)11-9-18/h3-4,6-11H,5,12-16H2,1-2H3. The average molecular weight is 411 g/mol. The van der Waals surface area contributed by atoms with Gasteiger partial charge in [-0.05, 0) is 61.5 Å². The lowest BCUT2D eigenvalue weighted by atomic mass is 10.1. The summed E-state index contributed by atoms with van der Waals surface area (Å²) in [6, 6.07) is 16.3. The van der Waals surface area contributed by atoms with Crippen molar-refractivity contribution in [2.45, 2.75) is 20.0 Å². The highest BCUT2D eigenvalue weighted by Crippen LogP contribution is 2.23. The van der Waals surface area contributed by atoms with Crippen molar-refractivity contribution in [2.24, 2.45) is 0 Å². The van der Waals surface area contributed by atoms with Gasteiger partial charge in [-0.25, -0.2) is 4.68 Å². The summed E-state index contributed by atoms with van der Waals surface area (Å²) in [6.45, 7) is 6.63. The van der Waals surface area contributed by atoms with Crippen LogP contribution in [0.5, 0.6) is 5.75 Å². The summed E-state index contributed by atoms with van der Waals surface area (Å²) < 4.78 is 12.8. The van der Waals surface area contributed by atoms with E-state index in [4.69, 9.17) is 21.4 Å². The fraction of sp³-hybridized carbons (Fsp3) is 0.364. The fourth-order valence-corrected chi connectivity index (χ4v) is 3.85. The molecule has 0 bridgehead atoms. The normalized spacial score (nSPS) is 15.3. The number of methoxy groups -OCH3 is 1. The zero-order valence-corrected chi connectivity index (χ0v) is 17.7. The van der Waals surface area contributed by atoms with E-state index >= 15 is 0 Å². The molecule has 1 aromatic heterocycles. The van der Waals surface area contributed by atoms with Gasteiger partial charge >= 0.3 is 0 Å². The summed E-state index contributed by atoms with van der Waals surface area (Å²) in [7, 11) is 1.69. The van der Waals surface area contributed by atoms with Crippen LogP contribution in [0.1, 0.15) is 12.0 Å². The summed E-state index contributed by atoms with van der Waals surface area (Å²) >= 11 is 5.43. The lowest BCUT2D eigenvalue weighted by Crippen LogP contribution is -2.32. The first kappa shape index (κ1) is 19.7. The minimum Gasteiger partial charge on any atom is -0.497 e. The lowest BCUT2D eigenvalue weighted by Gasteiger charge is -2.23. The molecule has 0 saturated carbocycles. The van der Waals surface area contributed by atoms with Gasteiger partial charge < -0.3 is 14.1 Å². The third-order valence-electron chi connectivity index (χ3n) is 5.34. The van der Waals surface area contributed by atoms with Crippen LogP contribution in [0.15, 0.2) is 52.9 Å². The highest BCUT2D eigenvalue weighted by Gasteiger charge is 2.18. The van der Waals surface area contributed by atoms with Crippen LogP contribution in [0, 0.1) is 11.8 Å². The third-order valence-corrected chi connectivity index (χ3v) is 5.64. The molecule has 1 aliphatic rings. The molecule has 0 radical (unpaired) electrons. The Balaban J connectivity index is 1.43. The second-order valence-corrected chi connectivity index (χ2v) is 7.63. The van der Waals surface area contributed by atoms with Crippen molar-refractivity contribution in [3.63, 3.8) is 0 Å². The average Bonchev–Trinajstić information content (AvgIpc) is 2.95. The van der Waals surface area contributed by atoms with E-state index in [2.05, 4.69) is 40.0 Å². The Labute approximate surface area is 176 Å². The van der Waals surface area contributed by atoms with Crippen molar-refractivity contribution < 1.29 is 9.15 Å². The van der Waals surface area contributed by atoms with E-state index in [1.807, 2.05) is 30.3 Å². The Morgan fingerprint density at radius 3 is 2.59 bits per heavy atom. The molecule has 7 heteroatoms. The third kappa shape index (κ3) is 4.52. The highest BCUT2D eigenvalue weighted by molar-refractivity contribution is 7.71. The van der Waals surface area contributed by atoms with Crippen molar-refractivity contribution in [1.82, 2.24) is 14.7 Å². The van der Waals surface area contributed by atoms with Crippen molar-refractivity contribution in [3.8, 4) is 17.2 Å². The predicted molar refractivity (Wildman–Crippen MR) is 117 cm³/mol. The maximum Gasteiger partial charge on any atom is 0.288 e. The van der Waals surface area contributed by atoms with E-state index < -0.39 is 0 Å². The number of nitrogens with zero attached hydrogens (tertiary/aromatic N) is 4. The Morgan fingerprint density at radius 1 is 1.03 bits per heavy atom. The summed E-state index contributed by atoms with van der Waals surface area (Å²) in [5.74, 6) is 1.47. The summed E-state index contributed by atoms with van der Waals surface area (Å²) in [4.78, 5) is 5.21. The number of anilines is 1. The van der Waals surface area contributed by atoms with E-state index in [1.54, 1.807) is 11.8 Å². The molecule has 0 spiro atoms. The van der Waals surface area contributed by atoms with Crippen LogP contribution in [0.3, 0.4) is 0 Å². The van der Waals surface area contributed by atoms with Crippen LogP contribution in [0.4, 0.5) is 5.69 Å². The number of rotatable bonds is 5. The van der Waals surface area contributed by atoms with Gasteiger partial charge in [-0.15, -0.1) is 5.10 Å². The maximum atomic E-state index is 5.78. The molecule has 4 rings (SSSR count). The molecule has 0 aliphatic carbocycles. The molecule has 1 aliphatic heterocycles. The number of ether oxygens (including phenoxy) is 1. The van der Waals surface area contributed by atoms with E-state index in [9.17, 15) is 0 Å². The van der Waals surface area contributed by atoms with Gasteiger partial charge in [-0.2, -0.15) is 0 Å². The second kappa shape index (κ2) is 8.80. The van der Waals surface area contributed by atoms with Crippen molar-refractivity contribution in [1.29, 1.82) is 0 Å². The van der Waals surface area contributed by atoms with Gasteiger partial charge in [0.15, 0.2) is 0 Å². The number of hydrogen-bond donors (Lipinski definition) is 0. The van der Waals surface area contributed by atoms with E-state index in [0.717, 1.165) is 49.5 Å². The summed E-state index contributed by atoms with van der Waals surface area (Å²) in [5, 5.41) is 4.64. The molecule has 1 fully saturated rings. The van der Waals surface area contributed by atoms with Crippen LogP contribution < -0.4 is 9.64 Å². The van der Waals surface area contributed by atoms with Crippen molar-refractivity contribution in [3.05, 3.63) is 58.9 Å². The van der Waals surface area contributed by atoms with Crippen LogP contribution in [0.2, 0.25) is 0 Å². The molecule has 0 amide bonds. The zero-order valence-electron chi connectivity index (χ0n) is 16.9. The molecule has 2 heterocycles. The molecule has 0 N–H and O–H groups in total. The van der Waals surface area contributed by atoms with E-state index in [-0.39, 0.29) is 0 Å². The molecule has 29 heavy (non-hydrogen) atoms. The summed E-state index contributed by atoms with van der Waals surface area (Å²) in [5.41, 5.74) is 3.34. The van der Waals surface area contributed by atoms with Gasteiger partial charge in [0.25, 0.3) is 4.84 Å². The largest absolute Gasteiger partial charge is 0.497 e. The van der Waals surface area contributed by atoms with Crippen LogP contribution in [-0.4, -0.2) is 48.0 Å². The minimum atomic E-state index is 0.416. The molecular formula is C22H26N4O2S. The maximum absolute atomic E-state index is 5.78. The molecule has 6 nitrogen and oxygen atoms in total. The molecule has 152 valence electrons. The number of aromatic nitrogens is 2. The number of benzene rings is 2. The highest BCUT2D eigenvalue weighted by atomic mass is 32.1. The Kier molecular flexibility index (Phi) is 5.97. The van der Waals surface area contributed by atoms with Gasteiger partial charge in [0.2, 0.25) is 5.89 Å². The summed E-state index contributed by atoms with van der Waals surface area (Å²) in [6.07, 6.45) is 1.09. The molecule has 0 unspecified atom stereocenters. The number of aryl methyl sites for hydroxylation is 1. The topological polar surface area (TPSA) is 46.7 Å². The first-order chi connectivity index (χ1) is 14.1. The van der Waals surface area contributed by atoms with Gasteiger partial charge in [0, 0.05) is 37.4 Å². The number of hydrogen-bond acceptors (Lipinski definition) is 6. The Morgan fingerprint density at radius 2 is 1.83 bits per heavy atom. The minimum absolute atomic E-state index is 0.416. The van der Waals surface area contributed by atoms with Gasteiger partial charge in [-0.3, -0.25) is 4.90 Å². The van der Waals surface area contributed by atoms with Crippen LogP contribution >= 0.6 is 12.2 Å². The first-order valence-corrected chi connectivity index (χ1v) is 10.3.